The maximum atomic E-state index is 12.0. The Morgan fingerprint density at radius 3 is 2.81 bits per heavy atom. The van der Waals surface area contributed by atoms with E-state index in [1.54, 1.807) is 0 Å². The molecule has 4 N–H and O–H groups in total. The number of fused-ring (bicyclic) bond motifs is 3. The van der Waals surface area contributed by atoms with E-state index < -0.39 is 17.2 Å². The lowest BCUT2D eigenvalue weighted by Crippen LogP contribution is -2.25. The van der Waals surface area contributed by atoms with Gasteiger partial charge in [-0.3, -0.25) is 19.6 Å². The number of halogens is 1. The fourth-order valence-electron chi connectivity index (χ4n) is 2.44. The summed E-state index contributed by atoms with van der Waals surface area (Å²) < 4.78 is 0.922. The topological polar surface area (TPSA) is 149 Å². The third-order valence-corrected chi connectivity index (χ3v) is 4.85. The van der Waals surface area contributed by atoms with E-state index in [1.807, 2.05) is 23.2 Å². The lowest BCUT2D eigenvalue weighted by molar-refractivity contribution is -0.113. The Balaban J connectivity index is 1.50. The van der Waals surface area contributed by atoms with Crippen molar-refractivity contribution in [2.24, 2.45) is 0 Å². The molecule has 0 aliphatic rings. The third-order valence-electron chi connectivity index (χ3n) is 3.52. The summed E-state index contributed by atoms with van der Waals surface area (Å²) in [5, 5.41) is 11.9. The van der Waals surface area contributed by atoms with Crippen LogP contribution in [-0.2, 0) is 4.79 Å². The van der Waals surface area contributed by atoms with Crippen LogP contribution in [0, 0.1) is 0 Å². The van der Waals surface area contributed by atoms with Crippen molar-refractivity contribution in [1.29, 1.82) is 0 Å². The van der Waals surface area contributed by atoms with E-state index in [-0.39, 0.29) is 11.6 Å². The van der Waals surface area contributed by atoms with Crippen molar-refractivity contribution in [2.75, 3.05) is 11.1 Å². The minimum Gasteiger partial charge on any atom is -0.338 e. The van der Waals surface area contributed by atoms with Gasteiger partial charge in [0.15, 0.2) is 5.65 Å². The Labute approximate surface area is 162 Å². The Bertz CT molecular complexity index is 1270. The number of rotatable bonds is 4. The summed E-state index contributed by atoms with van der Waals surface area (Å²) in [6.07, 6.45) is 0. The van der Waals surface area contributed by atoms with Crippen LogP contribution in [0.5, 0.6) is 0 Å². The minimum atomic E-state index is -0.700. The normalized spacial score (nSPS) is 11.1. The fraction of sp³-hybridized carbons (Fsp3) is 0.0667. The molecule has 0 radical (unpaired) electrons. The van der Waals surface area contributed by atoms with Crippen molar-refractivity contribution in [3.8, 4) is 0 Å². The zero-order valence-corrected chi connectivity index (χ0v) is 15.8. The van der Waals surface area contributed by atoms with Crippen LogP contribution in [0.1, 0.15) is 0 Å². The first-order chi connectivity index (χ1) is 13.0. The van der Waals surface area contributed by atoms with Gasteiger partial charge in [0.2, 0.25) is 11.1 Å². The van der Waals surface area contributed by atoms with Gasteiger partial charge in [0.05, 0.1) is 5.75 Å². The second kappa shape index (κ2) is 6.96. The van der Waals surface area contributed by atoms with E-state index in [0.29, 0.717) is 16.3 Å². The SMILES string of the molecule is O=C(CSc1nnc2c(n1)[nH]c1ccc(Br)cc12)Nc1cc(=O)[nH]c(=O)[nH]1. The smallest absolute Gasteiger partial charge is 0.327 e. The number of carbonyl (C=O) groups is 1. The molecule has 0 unspecified atom stereocenters. The Morgan fingerprint density at radius 1 is 1.15 bits per heavy atom. The predicted octanol–water partition coefficient (Wildman–Crippen LogP) is 1.38. The summed E-state index contributed by atoms with van der Waals surface area (Å²) in [5.74, 6) is -0.427. The molecule has 1 amide bonds. The molecule has 3 aromatic heterocycles. The molecule has 12 heteroatoms. The molecular weight excluding hydrogens is 438 g/mol. The quantitative estimate of drug-likeness (QED) is 0.345. The zero-order chi connectivity index (χ0) is 19.0. The number of nitrogens with one attached hydrogen (secondary N) is 4. The molecule has 4 aromatic rings. The van der Waals surface area contributed by atoms with Gasteiger partial charge in [0.1, 0.15) is 11.3 Å². The molecule has 1 aromatic carbocycles. The number of hydrogen-bond acceptors (Lipinski definition) is 7. The van der Waals surface area contributed by atoms with Crippen LogP contribution in [-0.4, -0.2) is 41.8 Å². The number of hydrogen-bond donors (Lipinski definition) is 4. The molecule has 0 atom stereocenters. The molecule has 0 aliphatic carbocycles. The number of amides is 1. The summed E-state index contributed by atoms with van der Waals surface area (Å²) in [6, 6.07) is 6.82. The Hall–Kier alpha value is -2.99. The van der Waals surface area contributed by atoms with E-state index in [0.717, 1.165) is 33.2 Å². The molecule has 0 saturated heterocycles. The number of anilines is 1. The van der Waals surface area contributed by atoms with E-state index in [4.69, 9.17) is 0 Å². The number of aromatic amines is 3. The number of nitrogens with zero attached hydrogens (tertiary/aromatic N) is 3. The largest absolute Gasteiger partial charge is 0.338 e. The van der Waals surface area contributed by atoms with Crippen molar-refractivity contribution in [2.45, 2.75) is 5.16 Å². The van der Waals surface area contributed by atoms with Crippen LogP contribution >= 0.6 is 27.7 Å². The third kappa shape index (κ3) is 3.75. The summed E-state index contributed by atoms with van der Waals surface area (Å²) in [6.45, 7) is 0. The van der Waals surface area contributed by atoms with Crippen molar-refractivity contribution in [3.63, 3.8) is 0 Å². The molecular formula is C15H10BrN7O3S. The van der Waals surface area contributed by atoms with Crippen LogP contribution in [0.2, 0.25) is 0 Å². The second-order valence-electron chi connectivity index (χ2n) is 5.44. The number of H-pyrrole nitrogens is 3. The first-order valence-electron chi connectivity index (χ1n) is 7.56. The van der Waals surface area contributed by atoms with Crippen molar-refractivity contribution in [3.05, 3.63) is 49.6 Å². The monoisotopic (exact) mass is 447 g/mol. The van der Waals surface area contributed by atoms with Gasteiger partial charge in [0.25, 0.3) is 5.56 Å². The average Bonchev–Trinajstić information content (AvgIpc) is 2.96. The number of aromatic nitrogens is 6. The highest BCUT2D eigenvalue weighted by Gasteiger charge is 2.12. The summed E-state index contributed by atoms with van der Waals surface area (Å²) >= 11 is 4.50. The van der Waals surface area contributed by atoms with Crippen LogP contribution in [0.3, 0.4) is 0 Å². The average molecular weight is 448 g/mol. The van der Waals surface area contributed by atoms with Gasteiger partial charge in [-0.15, -0.1) is 10.2 Å². The highest BCUT2D eigenvalue weighted by atomic mass is 79.9. The fourth-order valence-corrected chi connectivity index (χ4v) is 3.39. The molecule has 0 aliphatic heterocycles. The molecule has 136 valence electrons. The first kappa shape index (κ1) is 17.4. The van der Waals surface area contributed by atoms with E-state index >= 15 is 0 Å². The molecule has 0 saturated carbocycles. The maximum absolute atomic E-state index is 12.0. The van der Waals surface area contributed by atoms with Gasteiger partial charge in [-0.25, -0.2) is 9.78 Å². The van der Waals surface area contributed by atoms with Gasteiger partial charge >= 0.3 is 5.69 Å². The van der Waals surface area contributed by atoms with Gasteiger partial charge in [-0.05, 0) is 18.2 Å². The van der Waals surface area contributed by atoms with Gasteiger partial charge in [0, 0.05) is 21.4 Å². The van der Waals surface area contributed by atoms with Crippen LogP contribution in [0.15, 0.2) is 43.5 Å². The van der Waals surface area contributed by atoms with Crippen molar-refractivity contribution in [1.82, 2.24) is 30.1 Å². The molecule has 4 rings (SSSR count). The lowest BCUT2D eigenvalue weighted by atomic mass is 10.2. The first-order valence-corrected chi connectivity index (χ1v) is 9.34. The van der Waals surface area contributed by atoms with Crippen LogP contribution in [0.25, 0.3) is 22.1 Å². The zero-order valence-electron chi connectivity index (χ0n) is 13.4. The minimum absolute atomic E-state index is 0.0186. The van der Waals surface area contributed by atoms with Gasteiger partial charge < -0.3 is 10.3 Å². The Morgan fingerprint density at radius 2 is 2.00 bits per heavy atom. The summed E-state index contributed by atoms with van der Waals surface area (Å²) in [5.41, 5.74) is 0.785. The van der Waals surface area contributed by atoms with E-state index in [2.05, 4.69) is 46.4 Å². The van der Waals surface area contributed by atoms with E-state index in [1.165, 1.54) is 0 Å². The Kier molecular flexibility index (Phi) is 4.49. The summed E-state index contributed by atoms with van der Waals surface area (Å²) in [4.78, 5) is 46.3. The van der Waals surface area contributed by atoms with Crippen LogP contribution < -0.4 is 16.6 Å². The molecule has 0 spiro atoms. The standard InChI is InChI=1S/C15H10BrN7O3S/c16-6-1-2-8-7(3-6)12-13(17-8)21-15(23-22-12)27-5-11(25)18-9-4-10(24)20-14(26)19-9/h1-4H,5H2,(H,17,21,23)(H3,18,19,20,24,25,26). The number of benzene rings is 1. The molecule has 0 bridgehead atoms. The molecule has 27 heavy (non-hydrogen) atoms. The molecule has 10 nitrogen and oxygen atoms in total. The van der Waals surface area contributed by atoms with E-state index in [9.17, 15) is 14.4 Å². The highest BCUT2D eigenvalue weighted by molar-refractivity contribution is 9.10. The number of carbonyl (C=O) groups excluding carboxylic acids is 1. The molecule has 3 heterocycles. The van der Waals surface area contributed by atoms with Crippen LogP contribution in [0.4, 0.5) is 5.82 Å². The predicted molar refractivity (Wildman–Crippen MR) is 104 cm³/mol. The van der Waals surface area contributed by atoms with Gasteiger partial charge in [-0.1, -0.05) is 27.7 Å². The highest BCUT2D eigenvalue weighted by Crippen LogP contribution is 2.26. The second-order valence-corrected chi connectivity index (χ2v) is 7.30. The van der Waals surface area contributed by atoms with Gasteiger partial charge in [-0.2, -0.15) is 0 Å². The van der Waals surface area contributed by atoms with Crippen molar-refractivity contribution < 1.29 is 4.79 Å². The van der Waals surface area contributed by atoms with Crippen molar-refractivity contribution >= 4 is 61.5 Å². The number of thioether (sulfide) groups is 1. The maximum Gasteiger partial charge on any atom is 0.327 e. The lowest BCUT2D eigenvalue weighted by Gasteiger charge is -2.03. The molecule has 0 fully saturated rings. The summed E-state index contributed by atoms with van der Waals surface area (Å²) in [7, 11) is 0.